The fraction of sp³-hybridized carbons (Fsp3) is 0.0769. The number of aromatic nitrogens is 1. The van der Waals surface area contributed by atoms with Crippen LogP contribution in [0.25, 0.3) is 0 Å². The van der Waals surface area contributed by atoms with Gasteiger partial charge < -0.3 is 0 Å². The number of non-ortho nitro benzene ring substituents is 1. The normalized spacial score (nSPS) is 9.89. The van der Waals surface area contributed by atoms with Gasteiger partial charge in [-0.2, -0.15) is 5.26 Å². The summed E-state index contributed by atoms with van der Waals surface area (Å²) in [7, 11) is 0. The molecule has 0 aliphatic rings. The van der Waals surface area contributed by atoms with Crippen LogP contribution in [0.2, 0.25) is 0 Å². The van der Waals surface area contributed by atoms with Crippen LogP contribution in [0.4, 0.5) is 5.69 Å². The van der Waals surface area contributed by atoms with Crippen LogP contribution in [0.5, 0.6) is 0 Å². The standard InChI is InChI=1S/C13H9N3O2S/c1-9-6-7-15-13(12(9)8-14)19-11-4-2-10(3-5-11)16(17)18/h2-7H,1H3. The number of rotatable bonds is 3. The Balaban J connectivity index is 2.29. The van der Waals surface area contributed by atoms with Crippen LogP contribution in [0.1, 0.15) is 11.1 Å². The van der Waals surface area contributed by atoms with Crippen LogP contribution in [-0.2, 0) is 0 Å². The number of pyridine rings is 1. The van der Waals surface area contributed by atoms with Crippen molar-refractivity contribution in [1.82, 2.24) is 4.98 Å². The van der Waals surface area contributed by atoms with Crippen LogP contribution < -0.4 is 0 Å². The van der Waals surface area contributed by atoms with E-state index in [0.29, 0.717) is 10.6 Å². The molecule has 0 aliphatic carbocycles. The van der Waals surface area contributed by atoms with Gasteiger partial charge in [0.25, 0.3) is 5.69 Å². The molecule has 0 amide bonds. The molecule has 0 radical (unpaired) electrons. The molecule has 0 atom stereocenters. The van der Waals surface area contributed by atoms with E-state index in [0.717, 1.165) is 10.5 Å². The molecule has 6 heteroatoms. The van der Waals surface area contributed by atoms with Crippen LogP contribution >= 0.6 is 11.8 Å². The molecule has 2 rings (SSSR count). The summed E-state index contributed by atoms with van der Waals surface area (Å²) >= 11 is 1.32. The Morgan fingerprint density at radius 1 is 1.32 bits per heavy atom. The summed E-state index contributed by atoms with van der Waals surface area (Å²) < 4.78 is 0. The third kappa shape index (κ3) is 2.89. The Hall–Kier alpha value is -2.39. The number of benzene rings is 1. The average Bonchev–Trinajstić information content (AvgIpc) is 2.39. The fourth-order valence-corrected chi connectivity index (χ4v) is 2.41. The maximum absolute atomic E-state index is 10.6. The second kappa shape index (κ2) is 5.50. The summed E-state index contributed by atoms with van der Waals surface area (Å²) in [5, 5.41) is 20.3. The van der Waals surface area contributed by atoms with Gasteiger partial charge in [0.2, 0.25) is 0 Å². The lowest BCUT2D eigenvalue weighted by molar-refractivity contribution is -0.384. The van der Waals surface area contributed by atoms with Crippen LogP contribution in [0.3, 0.4) is 0 Å². The predicted molar refractivity (Wildman–Crippen MR) is 70.9 cm³/mol. The summed E-state index contributed by atoms with van der Waals surface area (Å²) in [6, 6.07) is 10.1. The Labute approximate surface area is 114 Å². The first kappa shape index (κ1) is 13.1. The number of hydrogen-bond donors (Lipinski definition) is 0. The first-order valence-corrected chi connectivity index (χ1v) is 6.21. The molecule has 0 saturated carbocycles. The van der Waals surface area contributed by atoms with E-state index in [2.05, 4.69) is 11.1 Å². The van der Waals surface area contributed by atoms with Gasteiger partial charge in [-0.25, -0.2) is 4.98 Å². The molecule has 0 unspecified atom stereocenters. The summed E-state index contributed by atoms with van der Waals surface area (Å²) in [6.07, 6.45) is 1.64. The Bertz CT molecular complexity index is 663. The van der Waals surface area contributed by atoms with Gasteiger partial charge in [0.05, 0.1) is 10.5 Å². The molecule has 0 aliphatic heterocycles. The number of aryl methyl sites for hydroxylation is 1. The Morgan fingerprint density at radius 2 is 2.00 bits per heavy atom. The quantitative estimate of drug-likeness (QED) is 0.632. The van der Waals surface area contributed by atoms with E-state index in [1.807, 2.05) is 6.92 Å². The number of hydrogen-bond acceptors (Lipinski definition) is 5. The number of nitriles is 1. The lowest BCUT2D eigenvalue weighted by Gasteiger charge is -2.04. The molecule has 1 aromatic heterocycles. The highest BCUT2D eigenvalue weighted by molar-refractivity contribution is 7.99. The van der Waals surface area contributed by atoms with Crippen molar-refractivity contribution in [2.24, 2.45) is 0 Å². The second-order valence-electron chi connectivity index (χ2n) is 3.77. The third-order valence-corrected chi connectivity index (χ3v) is 3.51. The van der Waals surface area contributed by atoms with Gasteiger partial charge in [0.15, 0.2) is 0 Å². The van der Waals surface area contributed by atoms with E-state index < -0.39 is 4.92 Å². The summed E-state index contributed by atoms with van der Waals surface area (Å²) in [6.45, 7) is 1.85. The smallest absolute Gasteiger partial charge is 0.258 e. The Kier molecular flexibility index (Phi) is 3.78. The average molecular weight is 271 g/mol. The van der Waals surface area contributed by atoms with Gasteiger partial charge in [-0.05, 0) is 30.7 Å². The first-order chi connectivity index (χ1) is 9.11. The van der Waals surface area contributed by atoms with Crippen molar-refractivity contribution in [3.63, 3.8) is 0 Å². The first-order valence-electron chi connectivity index (χ1n) is 5.40. The lowest BCUT2D eigenvalue weighted by Crippen LogP contribution is -1.90. The summed E-state index contributed by atoms with van der Waals surface area (Å²) in [4.78, 5) is 15.1. The van der Waals surface area contributed by atoms with Crippen molar-refractivity contribution < 1.29 is 4.92 Å². The van der Waals surface area contributed by atoms with E-state index in [-0.39, 0.29) is 5.69 Å². The number of nitrogens with zero attached hydrogens (tertiary/aromatic N) is 3. The molecule has 1 heterocycles. The highest BCUT2D eigenvalue weighted by atomic mass is 32.2. The van der Waals surface area contributed by atoms with E-state index in [1.165, 1.54) is 23.9 Å². The third-order valence-electron chi connectivity index (χ3n) is 2.50. The van der Waals surface area contributed by atoms with Crippen molar-refractivity contribution in [1.29, 1.82) is 5.26 Å². The van der Waals surface area contributed by atoms with Crippen molar-refractivity contribution in [3.8, 4) is 6.07 Å². The van der Waals surface area contributed by atoms with Gasteiger partial charge in [-0.15, -0.1) is 0 Å². The molecule has 5 nitrogen and oxygen atoms in total. The summed E-state index contributed by atoms with van der Waals surface area (Å²) in [5.74, 6) is 0. The minimum absolute atomic E-state index is 0.0436. The van der Waals surface area contributed by atoms with E-state index in [9.17, 15) is 10.1 Å². The maximum atomic E-state index is 10.6. The molecule has 0 N–H and O–H groups in total. The molecule has 2 aromatic rings. The molecule has 1 aromatic carbocycles. The van der Waals surface area contributed by atoms with Crippen LogP contribution in [-0.4, -0.2) is 9.91 Å². The topological polar surface area (TPSA) is 79.8 Å². The second-order valence-corrected chi connectivity index (χ2v) is 4.84. The molecule has 0 saturated heterocycles. The van der Waals surface area contributed by atoms with Gasteiger partial charge in [0.1, 0.15) is 11.1 Å². The van der Waals surface area contributed by atoms with E-state index >= 15 is 0 Å². The molecule has 19 heavy (non-hydrogen) atoms. The molecular formula is C13H9N3O2S. The zero-order chi connectivity index (χ0) is 13.8. The lowest BCUT2D eigenvalue weighted by atomic mass is 10.2. The van der Waals surface area contributed by atoms with Crippen LogP contribution in [0.15, 0.2) is 46.5 Å². The summed E-state index contributed by atoms with van der Waals surface area (Å²) in [5.41, 5.74) is 1.44. The molecule has 94 valence electrons. The zero-order valence-corrected chi connectivity index (χ0v) is 10.8. The zero-order valence-electron chi connectivity index (χ0n) is 10.0. The minimum atomic E-state index is -0.444. The molecule has 0 spiro atoms. The van der Waals surface area contributed by atoms with E-state index in [1.54, 1.807) is 24.4 Å². The molecular weight excluding hydrogens is 262 g/mol. The van der Waals surface area contributed by atoms with Crippen LogP contribution in [0, 0.1) is 28.4 Å². The largest absolute Gasteiger partial charge is 0.269 e. The monoisotopic (exact) mass is 271 g/mol. The predicted octanol–water partition coefficient (Wildman–Crippen LogP) is 3.32. The number of nitro benzene ring substituents is 1. The highest BCUT2D eigenvalue weighted by Crippen LogP contribution is 2.30. The van der Waals surface area contributed by atoms with Gasteiger partial charge in [-0.1, -0.05) is 11.8 Å². The fourth-order valence-electron chi connectivity index (χ4n) is 1.49. The molecule has 0 fully saturated rings. The van der Waals surface area contributed by atoms with Gasteiger partial charge >= 0.3 is 0 Å². The molecule has 0 bridgehead atoms. The highest BCUT2D eigenvalue weighted by Gasteiger charge is 2.10. The maximum Gasteiger partial charge on any atom is 0.269 e. The minimum Gasteiger partial charge on any atom is -0.258 e. The van der Waals surface area contributed by atoms with E-state index in [4.69, 9.17) is 5.26 Å². The van der Waals surface area contributed by atoms with Gasteiger partial charge in [0, 0.05) is 23.2 Å². The Morgan fingerprint density at radius 3 is 2.58 bits per heavy atom. The number of nitro groups is 1. The SMILES string of the molecule is Cc1ccnc(Sc2ccc([N+](=O)[O-])cc2)c1C#N. The van der Waals surface area contributed by atoms with Crippen molar-refractivity contribution >= 4 is 17.4 Å². The van der Waals surface area contributed by atoms with Crippen molar-refractivity contribution in [2.45, 2.75) is 16.8 Å². The van der Waals surface area contributed by atoms with Crippen molar-refractivity contribution in [2.75, 3.05) is 0 Å². The van der Waals surface area contributed by atoms with Crippen molar-refractivity contribution in [3.05, 3.63) is 57.8 Å². The van der Waals surface area contributed by atoms with Gasteiger partial charge in [-0.3, -0.25) is 10.1 Å².